The van der Waals surface area contributed by atoms with Crippen LogP contribution in [-0.4, -0.2) is 47.8 Å². The third-order valence-electron chi connectivity index (χ3n) is 3.37. The summed E-state index contributed by atoms with van der Waals surface area (Å²) in [5, 5.41) is 0. The molecular formula is C14H19ClN2O. The van der Waals surface area contributed by atoms with E-state index in [1.807, 2.05) is 4.90 Å². The van der Waals surface area contributed by atoms with Gasteiger partial charge in [-0.2, -0.15) is 0 Å². The Hall–Kier alpha value is -1.06. The molecule has 1 saturated heterocycles. The second-order valence-corrected chi connectivity index (χ2v) is 5.04. The number of alkyl halides is 1. The minimum Gasteiger partial charge on any atom is -0.339 e. The molecule has 0 N–H and O–H groups in total. The van der Waals surface area contributed by atoms with E-state index < -0.39 is 0 Å². The Balaban J connectivity index is 1.83. The van der Waals surface area contributed by atoms with Crippen molar-refractivity contribution in [1.82, 2.24) is 9.80 Å². The van der Waals surface area contributed by atoms with Crippen LogP contribution < -0.4 is 0 Å². The van der Waals surface area contributed by atoms with E-state index in [0.29, 0.717) is 0 Å². The minimum absolute atomic E-state index is 0.0478. The number of hydrogen-bond donors (Lipinski definition) is 0. The smallest absolute Gasteiger partial charge is 0.237 e. The average molecular weight is 267 g/mol. The van der Waals surface area contributed by atoms with E-state index in [2.05, 4.69) is 36.1 Å². The van der Waals surface area contributed by atoms with Gasteiger partial charge in [0.25, 0.3) is 0 Å². The number of nitrogens with zero attached hydrogens (tertiary/aromatic N) is 2. The molecule has 0 atom stereocenters. The Bertz CT molecular complexity index is 397. The SMILES string of the molecule is Cc1ccc(CN2CCN(C(=O)CCl)CC2)cc1. The van der Waals surface area contributed by atoms with E-state index in [4.69, 9.17) is 11.6 Å². The summed E-state index contributed by atoms with van der Waals surface area (Å²) in [6.45, 7) is 6.49. The Kier molecular flexibility index (Phi) is 4.61. The molecule has 1 heterocycles. The van der Waals surface area contributed by atoms with E-state index in [9.17, 15) is 4.79 Å². The summed E-state index contributed by atoms with van der Waals surface area (Å²) in [6, 6.07) is 8.63. The predicted octanol–water partition coefficient (Wildman–Crippen LogP) is 1.88. The predicted molar refractivity (Wildman–Crippen MR) is 73.8 cm³/mol. The number of halogens is 1. The van der Waals surface area contributed by atoms with Crippen LogP contribution in [0.2, 0.25) is 0 Å². The highest BCUT2D eigenvalue weighted by molar-refractivity contribution is 6.27. The van der Waals surface area contributed by atoms with Crippen LogP contribution in [0.15, 0.2) is 24.3 Å². The lowest BCUT2D eigenvalue weighted by atomic mass is 10.1. The summed E-state index contributed by atoms with van der Waals surface area (Å²) >= 11 is 5.56. The number of piperazine rings is 1. The molecular weight excluding hydrogens is 248 g/mol. The molecule has 0 bridgehead atoms. The number of benzene rings is 1. The Labute approximate surface area is 113 Å². The normalized spacial score (nSPS) is 16.9. The summed E-state index contributed by atoms with van der Waals surface area (Å²) in [5.74, 6) is 0.143. The van der Waals surface area contributed by atoms with Crippen molar-refractivity contribution in [2.75, 3.05) is 32.1 Å². The highest BCUT2D eigenvalue weighted by Gasteiger charge is 2.20. The number of carbonyl (C=O) groups excluding carboxylic acids is 1. The zero-order valence-electron chi connectivity index (χ0n) is 10.7. The Morgan fingerprint density at radius 3 is 2.33 bits per heavy atom. The molecule has 0 spiro atoms. The summed E-state index contributed by atoms with van der Waals surface area (Å²) in [5.41, 5.74) is 2.62. The average Bonchev–Trinajstić information content (AvgIpc) is 2.41. The molecule has 1 aliphatic rings. The summed E-state index contributed by atoms with van der Waals surface area (Å²) in [4.78, 5) is 15.7. The topological polar surface area (TPSA) is 23.6 Å². The van der Waals surface area contributed by atoms with Crippen molar-refractivity contribution in [2.24, 2.45) is 0 Å². The van der Waals surface area contributed by atoms with Gasteiger partial charge in [0.2, 0.25) is 5.91 Å². The largest absolute Gasteiger partial charge is 0.339 e. The molecule has 1 amide bonds. The fourth-order valence-electron chi connectivity index (χ4n) is 2.19. The molecule has 0 aliphatic carbocycles. The first-order chi connectivity index (χ1) is 8.69. The van der Waals surface area contributed by atoms with Gasteiger partial charge in [0.1, 0.15) is 5.88 Å². The summed E-state index contributed by atoms with van der Waals surface area (Å²) in [6.07, 6.45) is 0. The molecule has 0 aromatic heterocycles. The first-order valence-corrected chi connectivity index (χ1v) is 6.84. The third-order valence-corrected chi connectivity index (χ3v) is 3.59. The van der Waals surface area contributed by atoms with Gasteiger partial charge in [-0.3, -0.25) is 9.69 Å². The van der Waals surface area contributed by atoms with E-state index >= 15 is 0 Å². The maximum atomic E-state index is 11.4. The minimum atomic E-state index is 0.0478. The van der Waals surface area contributed by atoms with Gasteiger partial charge in [-0.15, -0.1) is 11.6 Å². The number of rotatable bonds is 3. The van der Waals surface area contributed by atoms with E-state index in [1.165, 1.54) is 11.1 Å². The molecule has 4 heteroatoms. The van der Waals surface area contributed by atoms with Crippen molar-refractivity contribution in [3.05, 3.63) is 35.4 Å². The lowest BCUT2D eigenvalue weighted by molar-refractivity contribution is -0.130. The second-order valence-electron chi connectivity index (χ2n) is 4.78. The highest BCUT2D eigenvalue weighted by atomic mass is 35.5. The molecule has 0 radical (unpaired) electrons. The van der Waals surface area contributed by atoms with Gasteiger partial charge in [-0.25, -0.2) is 0 Å². The van der Waals surface area contributed by atoms with Crippen LogP contribution in [-0.2, 0) is 11.3 Å². The van der Waals surface area contributed by atoms with Crippen molar-refractivity contribution >= 4 is 17.5 Å². The van der Waals surface area contributed by atoms with E-state index in [0.717, 1.165) is 32.7 Å². The van der Waals surface area contributed by atoms with Gasteiger partial charge >= 0.3 is 0 Å². The molecule has 2 rings (SSSR count). The standard InChI is InChI=1S/C14H19ClN2O/c1-12-2-4-13(5-3-12)11-16-6-8-17(9-7-16)14(18)10-15/h2-5H,6-11H2,1H3. The lowest BCUT2D eigenvalue weighted by Gasteiger charge is -2.34. The van der Waals surface area contributed by atoms with Crippen molar-refractivity contribution in [3.63, 3.8) is 0 Å². The molecule has 18 heavy (non-hydrogen) atoms. The van der Waals surface area contributed by atoms with Crippen LogP contribution in [0, 0.1) is 6.92 Å². The number of aryl methyl sites for hydroxylation is 1. The highest BCUT2D eigenvalue weighted by Crippen LogP contribution is 2.10. The van der Waals surface area contributed by atoms with E-state index in [1.54, 1.807) is 0 Å². The molecule has 0 saturated carbocycles. The van der Waals surface area contributed by atoms with Gasteiger partial charge in [0.05, 0.1) is 0 Å². The van der Waals surface area contributed by atoms with Crippen LogP contribution in [0.5, 0.6) is 0 Å². The van der Waals surface area contributed by atoms with Crippen LogP contribution in [0.4, 0.5) is 0 Å². The summed E-state index contributed by atoms with van der Waals surface area (Å²) < 4.78 is 0. The maximum absolute atomic E-state index is 11.4. The van der Waals surface area contributed by atoms with Crippen LogP contribution in [0.25, 0.3) is 0 Å². The molecule has 1 aromatic carbocycles. The van der Waals surface area contributed by atoms with Crippen LogP contribution in [0.3, 0.4) is 0 Å². The van der Waals surface area contributed by atoms with Crippen molar-refractivity contribution in [2.45, 2.75) is 13.5 Å². The molecule has 98 valence electrons. The zero-order chi connectivity index (χ0) is 13.0. The third kappa shape index (κ3) is 3.47. The van der Waals surface area contributed by atoms with Gasteiger partial charge in [-0.1, -0.05) is 29.8 Å². The summed E-state index contributed by atoms with van der Waals surface area (Å²) in [7, 11) is 0. The van der Waals surface area contributed by atoms with Crippen molar-refractivity contribution in [3.8, 4) is 0 Å². The molecule has 3 nitrogen and oxygen atoms in total. The Morgan fingerprint density at radius 1 is 1.17 bits per heavy atom. The van der Waals surface area contributed by atoms with Gasteiger partial charge in [-0.05, 0) is 12.5 Å². The van der Waals surface area contributed by atoms with E-state index in [-0.39, 0.29) is 11.8 Å². The van der Waals surface area contributed by atoms with Gasteiger partial charge in [0.15, 0.2) is 0 Å². The number of hydrogen-bond acceptors (Lipinski definition) is 2. The first kappa shape index (κ1) is 13.4. The van der Waals surface area contributed by atoms with Crippen LogP contribution in [0.1, 0.15) is 11.1 Å². The fourth-order valence-corrected chi connectivity index (χ4v) is 2.36. The molecule has 1 aromatic rings. The molecule has 1 aliphatic heterocycles. The number of carbonyl (C=O) groups is 1. The van der Waals surface area contributed by atoms with Gasteiger partial charge < -0.3 is 4.90 Å². The molecule has 0 unspecified atom stereocenters. The van der Waals surface area contributed by atoms with Crippen molar-refractivity contribution < 1.29 is 4.79 Å². The second kappa shape index (κ2) is 6.21. The van der Waals surface area contributed by atoms with Crippen molar-refractivity contribution in [1.29, 1.82) is 0 Å². The maximum Gasteiger partial charge on any atom is 0.237 e. The first-order valence-electron chi connectivity index (χ1n) is 6.30. The molecule has 1 fully saturated rings. The number of amides is 1. The van der Waals surface area contributed by atoms with Crippen LogP contribution >= 0.6 is 11.6 Å². The zero-order valence-corrected chi connectivity index (χ0v) is 11.5. The lowest BCUT2D eigenvalue weighted by Crippen LogP contribution is -2.48. The Morgan fingerprint density at radius 2 is 1.78 bits per heavy atom. The quantitative estimate of drug-likeness (QED) is 0.780. The monoisotopic (exact) mass is 266 g/mol. The fraction of sp³-hybridized carbons (Fsp3) is 0.500. The van der Waals surface area contributed by atoms with Gasteiger partial charge in [0, 0.05) is 32.7 Å².